The van der Waals surface area contributed by atoms with E-state index in [-0.39, 0.29) is 55.8 Å². The summed E-state index contributed by atoms with van der Waals surface area (Å²) in [5.74, 6) is -4.40. The highest BCUT2D eigenvalue weighted by Crippen LogP contribution is 2.42. The van der Waals surface area contributed by atoms with Crippen molar-refractivity contribution in [2.45, 2.75) is 0 Å². The van der Waals surface area contributed by atoms with Gasteiger partial charge in [-0.05, 0) is 70.9 Å². The van der Waals surface area contributed by atoms with Crippen molar-refractivity contribution in [3.05, 3.63) is 101 Å². The third-order valence-electron chi connectivity index (χ3n) is 6.31. The topological polar surface area (TPSA) is 176 Å². The summed E-state index contributed by atoms with van der Waals surface area (Å²) in [6.45, 7) is 0. The zero-order valence-corrected chi connectivity index (χ0v) is 20.0. The number of phenolic OH excluding ortho intramolecular Hbond substituents is 7. The minimum Gasteiger partial charge on any atom is -0.508 e. The van der Waals surface area contributed by atoms with Gasteiger partial charge in [0.2, 0.25) is 0 Å². The molecule has 39 heavy (non-hydrogen) atoms. The first kappa shape index (κ1) is 25.0. The van der Waals surface area contributed by atoms with Crippen molar-refractivity contribution in [3.8, 4) is 51.4 Å². The summed E-state index contributed by atoms with van der Waals surface area (Å²) >= 11 is 0. The molecule has 0 unspecified atom stereocenters. The zero-order valence-electron chi connectivity index (χ0n) is 20.0. The van der Waals surface area contributed by atoms with Crippen molar-refractivity contribution in [1.29, 1.82) is 0 Å². The highest BCUT2D eigenvalue weighted by molar-refractivity contribution is 6.26. The van der Waals surface area contributed by atoms with Gasteiger partial charge >= 0.3 is 0 Å². The van der Waals surface area contributed by atoms with Gasteiger partial charge in [0.25, 0.3) is 0 Å². The molecule has 194 valence electrons. The van der Waals surface area contributed by atoms with E-state index in [1.54, 1.807) is 0 Å². The Balaban J connectivity index is 1.93. The van der Waals surface area contributed by atoms with Gasteiger partial charge in [-0.1, -0.05) is 12.1 Å². The quantitative estimate of drug-likeness (QED) is 0.124. The molecule has 5 aromatic carbocycles. The average Bonchev–Trinajstić information content (AvgIpc) is 2.88. The van der Waals surface area contributed by atoms with E-state index in [0.29, 0.717) is 5.56 Å². The van der Waals surface area contributed by atoms with Crippen LogP contribution in [0.25, 0.3) is 21.9 Å². The largest absolute Gasteiger partial charge is 0.508 e. The van der Waals surface area contributed by atoms with E-state index in [2.05, 4.69) is 0 Å². The molecule has 0 aliphatic carbocycles. The number of fused-ring (bicyclic) bond motifs is 1. The number of carbonyl (C=O) groups is 2. The molecule has 0 saturated carbocycles. The Hall–Kier alpha value is -5.70. The van der Waals surface area contributed by atoms with Crippen LogP contribution in [-0.4, -0.2) is 47.3 Å². The lowest BCUT2D eigenvalue weighted by Gasteiger charge is -2.19. The maximum absolute atomic E-state index is 14.1. The minimum atomic E-state index is -0.827. The fraction of sp³-hybridized carbons (Fsp3) is 0. The standard InChI is InChI=1S/C30H20O9/c31-16-3-1-14(2-4-16)27-21-13-26(37)25(36)10-15(21)9-22(29(38)19-7-5-17(32)11-23(19)34)28(27)30(39)20-8-6-18(33)12-24(20)35/h1-13,31-37H. The Kier molecular flexibility index (Phi) is 5.96. The van der Waals surface area contributed by atoms with Crippen molar-refractivity contribution < 1.29 is 45.3 Å². The summed E-state index contributed by atoms with van der Waals surface area (Å²) in [7, 11) is 0. The molecule has 0 spiro atoms. The van der Waals surface area contributed by atoms with Crippen LogP contribution in [0.3, 0.4) is 0 Å². The molecular formula is C30H20O9. The molecule has 0 saturated heterocycles. The van der Waals surface area contributed by atoms with E-state index in [9.17, 15) is 45.3 Å². The van der Waals surface area contributed by atoms with Crippen LogP contribution in [0.4, 0.5) is 0 Å². The van der Waals surface area contributed by atoms with Crippen molar-refractivity contribution >= 4 is 22.3 Å². The van der Waals surface area contributed by atoms with E-state index < -0.39 is 34.6 Å². The van der Waals surface area contributed by atoms with Gasteiger partial charge in [0, 0.05) is 28.8 Å². The summed E-state index contributed by atoms with van der Waals surface area (Å²) in [4.78, 5) is 27.9. The van der Waals surface area contributed by atoms with Crippen molar-refractivity contribution in [3.63, 3.8) is 0 Å². The Labute approximate surface area is 220 Å². The number of ketones is 2. The summed E-state index contributed by atoms with van der Waals surface area (Å²) < 4.78 is 0. The number of benzene rings is 5. The second-order valence-electron chi connectivity index (χ2n) is 8.84. The van der Waals surface area contributed by atoms with Crippen LogP contribution < -0.4 is 0 Å². The maximum Gasteiger partial charge on any atom is 0.198 e. The predicted octanol–water partition coefficient (Wildman–Crippen LogP) is 4.91. The monoisotopic (exact) mass is 524 g/mol. The molecule has 0 aromatic heterocycles. The van der Waals surface area contributed by atoms with Gasteiger partial charge in [-0.3, -0.25) is 9.59 Å². The molecule has 5 aromatic rings. The molecule has 0 radical (unpaired) electrons. The number of aromatic hydroxyl groups is 7. The lowest BCUT2D eigenvalue weighted by molar-refractivity contribution is 0.100. The van der Waals surface area contributed by atoms with Gasteiger partial charge in [-0.2, -0.15) is 0 Å². The molecule has 9 heteroatoms. The molecule has 0 aliphatic rings. The van der Waals surface area contributed by atoms with Crippen molar-refractivity contribution in [2.75, 3.05) is 0 Å². The van der Waals surface area contributed by atoms with Crippen molar-refractivity contribution in [1.82, 2.24) is 0 Å². The summed E-state index contributed by atoms with van der Waals surface area (Å²) in [6, 6.07) is 16.0. The Morgan fingerprint density at radius 3 is 1.54 bits per heavy atom. The number of rotatable bonds is 5. The highest BCUT2D eigenvalue weighted by Gasteiger charge is 2.29. The summed E-state index contributed by atoms with van der Waals surface area (Å²) in [5.41, 5.74) is -0.475. The van der Waals surface area contributed by atoms with Crippen LogP contribution in [0, 0.1) is 0 Å². The van der Waals surface area contributed by atoms with E-state index in [1.807, 2.05) is 0 Å². The van der Waals surface area contributed by atoms with Gasteiger partial charge in [0.1, 0.15) is 28.7 Å². The average molecular weight is 524 g/mol. The summed E-state index contributed by atoms with van der Waals surface area (Å²) in [6.07, 6.45) is 0. The molecule has 5 rings (SSSR count). The molecular weight excluding hydrogens is 504 g/mol. The summed E-state index contributed by atoms with van der Waals surface area (Å²) in [5, 5.41) is 71.2. The first-order valence-corrected chi connectivity index (χ1v) is 11.5. The highest BCUT2D eigenvalue weighted by atomic mass is 16.3. The third kappa shape index (κ3) is 4.38. The van der Waals surface area contributed by atoms with Gasteiger partial charge in [0.15, 0.2) is 23.1 Å². The molecule has 0 bridgehead atoms. The first-order valence-electron chi connectivity index (χ1n) is 11.5. The maximum atomic E-state index is 14.1. The lowest BCUT2D eigenvalue weighted by Crippen LogP contribution is -2.14. The SMILES string of the molecule is O=C(c1ccc(O)cc1O)c1cc2cc(O)c(O)cc2c(-c2ccc(O)cc2)c1C(=O)c1ccc(O)cc1O. The third-order valence-corrected chi connectivity index (χ3v) is 6.31. The Morgan fingerprint density at radius 1 is 0.462 bits per heavy atom. The van der Waals surface area contributed by atoms with Crippen LogP contribution in [-0.2, 0) is 0 Å². The van der Waals surface area contributed by atoms with Gasteiger partial charge in [0.05, 0.1) is 11.1 Å². The lowest BCUT2D eigenvalue weighted by atomic mass is 9.83. The number of phenols is 7. The number of carbonyl (C=O) groups excluding carboxylic acids is 2. The number of hydrogen-bond acceptors (Lipinski definition) is 9. The van der Waals surface area contributed by atoms with E-state index in [4.69, 9.17) is 0 Å². The number of hydrogen-bond donors (Lipinski definition) is 7. The molecule has 0 aliphatic heterocycles. The Bertz CT molecular complexity index is 1810. The fourth-order valence-corrected chi connectivity index (χ4v) is 4.47. The van der Waals surface area contributed by atoms with Gasteiger partial charge in [-0.25, -0.2) is 0 Å². The van der Waals surface area contributed by atoms with Crippen LogP contribution in [0.15, 0.2) is 78.9 Å². The minimum absolute atomic E-state index is 0.0751. The van der Waals surface area contributed by atoms with Gasteiger partial charge < -0.3 is 35.7 Å². The van der Waals surface area contributed by atoms with E-state index in [1.165, 1.54) is 66.7 Å². The zero-order chi connectivity index (χ0) is 28.0. The first-order chi connectivity index (χ1) is 18.5. The van der Waals surface area contributed by atoms with E-state index >= 15 is 0 Å². The van der Waals surface area contributed by atoms with Crippen LogP contribution in [0.1, 0.15) is 31.8 Å². The van der Waals surface area contributed by atoms with Gasteiger partial charge in [-0.15, -0.1) is 0 Å². The molecule has 0 atom stereocenters. The van der Waals surface area contributed by atoms with Crippen LogP contribution in [0.2, 0.25) is 0 Å². The predicted molar refractivity (Wildman–Crippen MR) is 141 cm³/mol. The second kappa shape index (κ2) is 9.31. The molecule has 0 amide bonds. The normalized spacial score (nSPS) is 11.0. The smallest absolute Gasteiger partial charge is 0.198 e. The van der Waals surface area contributed by atoms with Crippen LogP contribution >= 0.6 is 0 Å². The molecule has 7 N–H and O–H groups in total. The molecule has 9 nitrogen and oxygen atoms in total. The van der Waals surface area contributed by atoms with Crippen LogP contribution in [0.5, 0.6) is 40.2 Å². The molecule has 0 heterocycles. The molecule has 0 fully saturated rings. The second-order valence-corrected chi connectivity index (χ2v) is 8.84. The fourth-order valence-electron chi connectivity index (χ4n) is 4.47. The van der Waals surface area contributed by atoms with E-state index in [0.717, 1.165) is 12.1 Å². The Morgan fingerprint density at radius 2 is 0.974 bits per heavy atom. The van der Waals surface area contributed by atoms with Crippen molar-refractivity contribution in [2.24, 2.45) is 0 Å².